The molecule has 0 radical (unpaired) electrons. The summed E-state index contributed by atoms with van der Waals surface area (Å²) in [4.78, 5) is 62.0. The van der Waals surface area contributed by atoms with Crippen LogP contribution >= 0.6 is 0 Å². The Morgan fingerprint density at radius 3 is 2.35 bits per heavy atom. The van der Waals surface area contributed by atoms with Crippen molar-refractivity contribution >= 4 is 23.9 Å². The van der Waals surface area contributed by atoms with Gasteiger partial charge in [0.1, 0.15) is 11.7 Å². The van der Waals surface area contributed by atoms with E-state index in [1.807, 2.05) is 30.3 Å². The molecule has 0 spiro atoms. The van der Waals surface area contributed by atoms with Gasteiger partial charge in [-0.1, -0.05) is 30.3 Å². The van der Waals surface area contributed by atoms with Crippen molar-refractivity contribution in [2.24, 2.45) is 0 Å². The van der Waals surface area contributed by atoms with Crippen LogP contribution in [0.5, 0.6) is 0 Å². The molecular weight excluding hydrogens is 478 g/mol. The summed E-state index contributed by atoms with van der Waals surface area (Å²) in [5.74, 6) is -1.31. The third kappa shape index (κ3) is 6.81. The van der Waals surface area contributed by atoms with E-state index in [-0.39, 0.29) is 44.1 Å². The number of aromatic nitrogens is 2. The number of hydrogen-bond donors (Lipinski definition) is 2. The minimum atomic E-state index is -1.07. The highest BCUT2D eigenvalue weighted by Gasteiger charge is 2.32. The smallest absolute Gasteiger partial charge is 0.409 e. The second-order valence-electron chi connectivity index (χ2n) is 9.11. The number of carbonyl (C=O) groups excluding carboxylic acids is 3. The second-order valence-corrected chi connectivity index (χ2v) is 9.11. The van der Waals surface area contributed by atoms with Gasteiger partial charge < -0.3 is 25.0 Å². The molecule has 1 aromatic heterocycles. The topological polar surface area (TPSA) is 142 Å². The van der Waals surface area contributed by atoms with Crippen LogP contribution in [0.25, 0.3) is 11.4 Å². The maximum absolute atomic E-state index is 13.3. The van der Waals surface area contributed by atoms with Gasteiger partial charge in [-0.05, 0) is 32.3 Å². The van der Waals surface area contributed by atoms with E-state index in [0.29, 0.717) is 18.9 Å². The van der Waals surface area contributed by atoms with Crippen LogP contribution in [-0.2, 0) is 14.3 Å². The number of carboxylic acids is 1. The second kappa shape index (κ2) is 11.8. The van der Waals surface area contributed by atoms with Crippen LogP contribution in [0.2, 0.25) is 0 Å². The molecule has 2 aromatic rings. The molecule has 3 amide bonds. The number of piperazine rings is 1. The number of carbonyl (C=O) groups is 4. The molecule has 1 atom stereocenters. The SMILES string of the molecule is CCOC(=O)N1CCN(C(=O)[C@H](CCC(=O)O)NC(=O)c2cc(C3CC3)nc(-c3ccccc3)n2)CC1. The van der Waals surface area contributed by atoms with E-state index >= 15 is 0 Å². The molecular formula is C26H31N5O6. The fourth-order valence-electron chi connectivity index (χ4n) is 4.19. The Balaban J connectivity index is 1.50. The lowest BCUT2D eigenvalue weighted by atomic mass is 10.1. The Kier molecular flexibility index (Phi) is 8.32. The van der Waals surface area contributed by atoms with Crippen LogP contribution in [0, 0.1) is 0 Å². The number of aliphatic carboxylic acids is 1. The quantitative estimate of drug-likeness (QED) is 0.524. The number of hydrogen-bond acceptors (Lipinski definition) is 7. The minimum absolute atomic E-state index is 0.0654. The van der Waals surface area contributed by atoms with Crippen molar-refractivity contribution in [1.82, 2.24) is 25.1 Å². The summed E-state index contributed by atoms with van der Waals surface area (Å²) in [5, 5.41) is 11.9. The molecule has 1 aromatic carbocycles. The molecule has 196 valence electrons. The van der Waals surface area contributed by atoms with E-state index in [1.54, 1.807) is 13.0 Å². The number of rotatable bonds is 9. The van der Waals surface area contributed by atoms with Crippen LogP contribution in [0.4, 0.5) is 4.79 Å². The van der Waals surface area contributed by atoms with Crippen LogP contribution in [0.1, 0.15) is 54.7 Å². The Hall–Kier alpha value is -4.02. The lowest BCUT2D eigenvalue weighted by molar-refractivity contribution is -0.138. The Morgan fingerprint density at radius 2 is 1.73 bits per heavy atom. The van der Waals surface area contributed by atoms with Gasteiger partial charge in [-0.25, -0.2) is 14.8 Å². The largest absolute Gasteiger partial charge is 0.481 e. The van der Waals surface area contributed by atoms with Gasteiger partial charge in [0, 0.05) is 49.8 Å². The van der Waals surface area contributed by atoms with Gasteiger partial charge in [-0.3, -0.25) is 14.4 Å². The molecule has 11 heteroatoms. The van der Waals surface area contributed by atoms with Crippen LogP contribution in [-0.4, -0.2) is 87.6 Å². The van der Waals surface area contributed by atoms with E-state index in [9.17, 15) is 24.3 Å². The zero-order valence-corrected chi connectivity index (χ0v) is 20.8. The number of amides is 3. The lowest BCUT2D eigenvalue weighted by Crippen LogP contribution is -2.56. The monoisotopic (exact) mass is 509 g/mol. The molecule has 1 saturated carbocycles. The first kappa shape index (κ1) is 26.1. The number of nitrogens with zero attached hydrogens (tertiary/aromatic N) is 4. The molecule has 2 fully saturated rings. The van der Waals surface area contributed by atoms with Gasteiger partial charge in [0.05, 0.1) is 6.61 Å². The first-order valence-electron chi connectivity index (χ1n) is 12.5. The van der Waals surface area contributed by atoms with Gasteiger partial charge in [0.25, 0.3) is 5.91 Å². The third-order valence-electron chi connectivity index (χ3n) is 6.37. The zero-order valence-electron chi connectivity index (χ0n) is 20.8. The molecule has 1 saturated heterocycles. The van der Waals surface area contributed by atoms with Gasteiger partial charge in [-0.2, -0.15) is 0 Å². The van der Waals surface area contributed by atoms with Gasteiger partial charge in [-0.15, -0.1) is 0 Å². The van der Waals surface area contributed by atoms with E-state index < -0.39 is 29.9 Å². The van der Waals surface area contributed by atoms with Crippen molar-refractivity contribution in [3.8, 4) is 11.4 Å². The van der Waals surface area contributed by atoms with Crippen LogP contribution < -0.4 is 5.32 Å². The van der Waals surface area contributed by atoms with Gasteiger partial charge in [0.15, 0.2) is 5.82 Å². The molecule has 2 N–H and O–H groups in total. The molecule has 4 rings (SSSR count). The lowest BCUT2D eigenvalue weighted by Gasteiger charge is -2.35. The summed E-state index contributed by atoms with van der Waals surface area (Å²) in [5.41, 5.74) is 1.69. The number of carboxylic acid groups (broad SMARTS) is 1. The Labute approximate surface area is 214 Å². The number of nitrogens with one attached hydrogen (secondary N) is 1. The molecule has 0 unspecified atom stereocenters. The maximum Gasteiger partial charge on any atom is 0.409 e. The normalized spacial score (nSPS) is 16.1. The highest BCUT2D eigenvalue weighted by atomic mass is 16.6. The van der Waals surface area contributed by atoms with Gasteiger partial charge in [0.2, 0.25) is 5.91 Å². The van der Waals surface area contributed by atoms with Crippen molar-refractivity contribution in [3.05, 3.63) is 47.8 Å². The number of benzene rings is 1. The van der Waals surface area contributed by atoms with Crippen molar-refractivity contribution in [1.29, 1.82) is 0 Å². The summed E-state index contributed by atoms with van der Waals surface area (Å²) in [6.07, 6.45) is 1.19. The third-order valence-corrected chi connectivity index (χ3v) is 6.37. The minimum Gasteiger partial charge on any atom is -0.481 e. The van der Waals surface area contributed by atoms with E-state index in [0.717, 1.165) is 24.1 Å². The van der Waals surface area contributed by atoms with Gasteiger partial charge >= 0.3 is 12.1 Å². The Morgan fingerprint density at radius 1 is 1.05 bits per heavy atom. The Bertz CT molecular complexity index is 1150. The van der Waals surface area contributed by atoms with E-state index in [1.165, 1.54) is 9.80 Å². The molecule has 2 heterocycles. The van der Waals surface area contributed by atoms with Crippen molar-refractivity contribution < 1.29 is 29.0 Å². The van der Waals surface area contributed by atoms with Crippen LogP contribution in [0.3, 0.4) is 0 Å². The zero-order chi connectivity index (χ0) is 26.4. The highest BCUT2D eigenvalue weighted by Crippen LogP contribution is 2.39. The highest BCUT2D eigenvalue weighted by molar-refractivity contribution is 5.96. The predicted molar refractivity (Wildman–Crippen MR) is 133 cm³/mol. The first-order chi connectivity index (χ1) is 17.9. The molecule has 1 aliphatic carbocycles. The summed E-state index contributed by atoms with van der Waals surface area (Å²) in [7, 11) is 0. The summed E-state index contributed by atoms with van der Waals surface area (Å²) < 4.78 is 5.01. The van der Waals surface area contributed by atoms with Crippen molar-refractivity contribution in [2.45, 2.75) is 44.6 Å². The fourth-order valence-corrected chi connectivity index (χ4v) is 4.19. The van der Waals surface area contributed by atoms with Crippen molar-refractivity contribution in [3.63, 3.8) is 0 Å². The number of ether oxygens (including phenoxy) is 1. The standard InChI is InChI=1S/C26H31N5O6/c1-2-37-26(36)31-14-12-30(13-15-31)25(35)19(10-11-22(32)33)29-24(34)21-16-20(17-8-9-17)27-23(28-21)18-6-4-3-5-7-18/h3-7,16-17,19H,2,8-15H2,1H3,(H,29,34)(H,32,33)/t19-/m0/s1. The van der Waals surface area contributed by atoms with Crippen molar-refractivity contribution in [2.75, 3.05) is 32.8 Å². The molecule has 11 nitrogen and oxygen atoms in total. The summed E-state index contributed by atoms with van der Waals surface area (Å²) in [6.45, 7) is 3.09. The maximum atomic E-state index is 13.3. The van der Waals surface area contributed by atoms with E-state index in [2.05, 4.69) is 15.3 Å². The summed E-state index contributed by atoms with van der Waals surface area (Å²) >= 11 is 0. The average molecular weight is 510 g/mol. The molecule has 0 bridgehead atoms. The molecule has 37 heavy (non-hydrogen) atoms. The average Bonchev–Trinajstić information content (AvgIpc) is 3.77. The summed E-state index contributed by atoms with van der Waals surface area (Å²) in [6, 6.07) is 9.95. The van der Waals surface area contributed by atoms with E-state index in [4.69, 9.17) is 4.74 Å². The first-order valence-corrected chi connectivity index (χ1v) is 12.5. The molecule has 1 aliphatic heterocycles. The fraction of sp³-hybridized carbons (Fsp3) is 0.462. The van der Waals surface area contributed by atoms with Crippen LogP contribution in [0.15, 0.2) is 36.4 Å². The predicted octanol–water partition coefficient (Wildman–Crippen LogP) is 2.28. The molecule has 2 aliphatic rings.